The average Bonchev–Trinajstić information content (AvgIpc) is 3.61. The Balaban J connectivity index is 1.23. The van der Waals surface area contributed by atoms with E-state index in [1.54, 1.807) is 31.8 Å². The molecule has 0 radical (unpaired) electrons. The minimum Gasteiger partial charge on any atom is -0.493 e. The molecule has 1 aliphatic rings. The van der Waals surface area contributed by atoms with Crippen molar-refractivity contribution in [2.24, 2.45) is 0 Å². The minimum absolute atomic E-state index is 0.0709. The van der Waals surface area contributed by atoms with E-state index >= 15 is 0 Å². The summed E-state index contributed by atoms with van der Waals surface area (Å²) in [6.07, 6.45) is 5.79. The minimum atomic E-state index is -0.625. The van der Waals surface area contributed by atoms with Gasteiger partial charge in [0.2, 0.25) is 11.7 Å². The third kappa shape index (κ3) is 9.08. The summed E-state index contributed by atoms with van der Waals surface area (Å²) < 4.78 is 49.6. The van der Waals surface area contributed by atoms with Crippen molar-refractivity contribution in [3.63, 3.8) is 0 Å². The second-order valence-electron chi connectivity index (χ2n) is 12.5. The van der Waals surface area contributed by atoms with Crippen LogP contribution in [0.4, 0.5) is 26.1 Å². The van der Waals surface area contributed by atoms with E-state index in [2.05, 4.69) is 40.0 Å². The number of aromatic nitrogens is 3. The Morgan fingerprint density at radius 1 is 0.942 bits per heavy atom. The number of rotatable bonds is 15. The molecule has 1 fully saturated rings. The van der Waals surface area contributed by atoms with Crippen LogP contribution in [0.25, 0.3) is 21.8 Å². The quantitative estimate of drug-likeness (QED) is 0.0999. The maximum Gasteiger partial charge on any atom is 0.227 e. The number of likely N-dealkylation sites (tertiary alicyclic amines) is 1. The first-order valence-corrected chi connectivity index (χ1v) is 20.0. The van der Waals surface area contributed by atoms with Crippen molar-refractivity contribution >= 4 is 52.4 Å². The van der Waals surface area contributed by atoms with Crippen LogP contribution in [-0.2, 0) is 0 Å². The summed E-state index contributed by atoms with van der Waals surface area (Å²) in [5.74, 6) is 2.14. The van der Waals surface area contributed by atoms with Gasteiger partial charge in [0.15, 0.2) is 11.5 Å². The van der Waals surface area contributed by atoms with Gasteiger partial charge in [-0.3, -0.25) is 0 Å². The fourth-order valence-corrected chi connectivity index (χ4v) is 7.93. The first kappa shape index (κ1) is 37.6. The van der Waals surface area contributed by atoms with Crippen LogP contribution >= 0.6 is 35.0 Å². The van der Waals surface area contributed by atoms with E-state index in [9.17, 15) is 8.78 Å². The monoisotopic (exact) mass is 764 g/mol. The Morgan fingerprint density at radius 3 is 2.33 bits per heavy atom. The molecule has 274 valence electrons. The number of nitrogens with one attached hydrogen (secondary N) is 2. The molecule has 9 nitrogen and oxygen atoms in total. The third-order valence-electron chi connectivity index (χ3n) is 8.50. The Labute approximate surface area is 316 Å². The van der Waals surface area contributed by atoms with Gasteiger partial charge in [-0.25, -0.2) is 23.7 Å². The highest BCUT2D eigenvalue weighted by Crippen LogP contribution is 2.43. The lowest BCUT2D eigenvalue weighted by atomic mass is 10.1. The number of anilines is 3. The summed E-state index contributed by atoms with van der Waals surface area (Å²) >= 11 is 4.33. The molecule has 1 aliphatic heterocycles. The molecule has 0 unspecified atom stereocenters. The van der Waals surface area contributed by atoms with Crippen LogP contribution in [0.5, 0.6) is 17.2 Å². The van der Waals surface area contributed by atoms with Crippen molar-refractivity contribution in [1.29, 1.82) is 0 Å². The van der Waals surface area contributed by atoms with Crippen molar-refractivity contribution in [3.8, 4) is 39.1 Å². The van der Waals surface area contributed by atoms with E-state index in [4.69, 9.17) is 24.2 Å². The SMILES string of the molecule is COc1cc(Nc2nccc(-c3sc(C(C)C)nc3-c3cccc(NSc4c(F)cccc4F)c3)n2)cc(OC)c1OC1CCN(CCSC)CC1. The van der Waals surface area contributed by atoms with E-state index in [0.29, 0.717) is 40.3 Å². The Bertz CT molecular complexity index is 1930. The van der Waals surface area contributed by atoms with E-state index in [1.807, 2.05) is 54.2 Å². The highest BCUT2D eigenvalue weighted by Gasteiger charge is 2.25. The molecular formula is C38H42F2N6O3S3. The zero-order chi connectivity index (χ0) is 36.6. The number of nitrogens with zero attached hydrogens (tertiary/aromatic N) is 4. The van der Waals surface area contributed by atoms with Crippen LogP contribution in [0.1, 0.15) is 37.6 Å². The lowest BCUT2D eigenvalue weighted by Gasteiger charge is -2.32. The largest absolute Gasteiger partial charge is 0.493 e. The second-order valence-corrected chi connectivity index (χ2v) is 15.3. The Hall–Kier alpha value is -4.11. The molecule has 2 aromatic heterocycles. The zero-order valence-corrected chi connectivity index (χ0v) is 32.2. The van der Waals surface area contributed by atoms with Crippen LogP contribution < -0.4 is 24.2 Å². The van der Waals surface area contributed by atoms with Crippen molar-refractivity contribution < 1.29 is 23.0 Å². The molecule has 0 aliphatic carbocycles. The van der Waals surface area contributed by atoms with Crippen molar-refractivity contribution in [3.05, 3.63) is 83.5 Å². The summed E-state index contributed by atoms with van der Waals surface area (Å²) in [6.45, 7) is 7.30. The number of thiazole rings is 1. The number of hydrogen-bond acceptors (Lipinski definition) is 12. The number of hydrogen-bond donors (Lipinski definition) is 2. The normalized spacial score (nSPS) is 13.7. The fourth-order valence-electron chi connectivity index (χ4n) is 5.75. The predicted octanol–water partition coefficient (Wildman–Crippen LogP) is 9.75. The van der Waals surface area contributed by atoms with Gasteiger partial charge in [0, 0.05) is 66.6 Å². The molecule has 14 heteroatoms. The summed E-state index contributed by atoms with van der Waals surface area (Å²) in [6, 6.07) is 17.0. The lowest BCUT2D eigenvalue weighted by Crippen LogP contribution is -2.39. The maximum absolute atomic E-state index is 14.3. The molecule has 0 saturated carbocycles. The molecule has 0 bridgehead atoms. The highest BCUT2D eigenvalue weighted by molar-refractivity contribution is 8.00. The summed E-state index contributed by atoms with van der Waals surface area (Å²) in [4.78, 5) is 17.7. The van der Waals surface area contributed by atoms with Gasteiger partial charge in [0.25, 0.3) is 0 Å². The molecule has 0 amide bonds. The summed E-state index contributed by atoms with van der Waals surface area (Å²) in [5, 5.41) is 4.28. The third-order valence-corrected chi connectivity index (χ3v) is 11.4. The predicted molar refractivity (Wildman–Crippen MR) is 210 cm³/mol. The lowest BCUT2D eigenvalue weighted by molar-refractivity contribution is 0.0986. The van der Waals surface area contributed by atoms with Crippen LogP contribution in [0.3, 0.4) is 0 Å². The standard InChI is InChI=1S/C38H42F2N6O3S3/c1-23(2)37-44-33(24-8-6-9-25(20-24)45-52-35-28(39)10-7-11-29(35)40)36(51-37)30-12-15-41-38(43-30)42-26-21-31(47-3)34(32(22-26)48-4)49-27-13-16-46(17-14-27)18-19-50-5/h6-12,15,20-23,27,45H,13-14,16-19H2,1-5H3,(H,41,42,43). The molecule has 6 rings (SSSR count). The molecule has 0 atom stereocenters. The fraction of sp³-hybridized carbons (Fsp3) is 0.342. The average molecular weight is 765 g/mol. The van der Waals surface area contributed by atoms with Gasteiger partial charge in [-0.05, 0) is 61.4 Å². The van der Waals surface area contributed by atoms with Gasteiger partial charge < -0.3 is 29.1 Å². The molecule has 1 saturated heterocycles. The van der Waals surface area contributed by atoms with Gasteiger partial charge in [-0.15, -0.1) is 11.3 Å². The van der Waals surface area contributed by atoms with Crippen LogP contribution in [0, 0.1) is 11.6 Å². The highest BCUT2D eigenvalue weighted by atomic mass is 32.2. The number of piperidine rings is 1. The van der Waals surface area contributed by atoms with Gasteiger partial charge in [0.1, 0.15) is 17.7 Å². The van der Waals surface area contributed by atoms with Gasteiger partial charge in [0.05, 0.1) is 40.4 Å². The van der Waals surface area contributed by atoms with Gasteiger partial charge in [-0.1, -0.05) is 32.0 Å². The molecule has 52 heavy (non-hydrogen) atoms. The molecule has 0 spiro atoms. The number of methoxy groups -OCH3 is 2. The number of benzene rings is 3. The molecule has 3 aromatic carbocycles. The van der Waals surface area contributed by atoms with E-state index < -0.39 is 11.6 Å². The van der Waals surface area contributed by atoms with Crippen LogP contribution in [0.2, 0.25) is 0 Å². The Morgan fingerprint density at radius 2 is 1.65 bits per heavy atom. The van der Waals surface area contributed by atoms with Gasteiger partial charge in [-0.2, -0.15) is 11.8 Å². The van der Waals surface area contributed by atoms with Crippen molar-refractivity contribution in [1.82, 2.24) is 19.9 Å². The number of halogens is 2. The Kier molecular flexibility index (Phi) is 12.7. The zero-order valence-electron chi connectivity index (χ0n) is 29.7. The summed E-state index contributed by atoms with van der Waals surface area (Å²) in [7, 11) is 3.24. The van der Waals surface area contributed by atoms with Crippen LogP contribution in [-0.4, -0.2) is 71.8 Å². The van der Waals surface area contributed by atoms with Gasteiger partial charge >= 0.3 is 0 Å². The van der Waals surface area contributed by atoms with Crippen LogP contribution in [0.15, 0.2) is 71.8 Å². The maximum atomic E-state index is 14.3. The smallest absolute Gasteiger partial charge is 0.227 e. The number of thioether (sulfide) groups is 1. The molecular weight excluding hydrogens is 723 g/mol. The summed E-state index contributed by atoms with van der Waals surface area (Å²) in [5.41, 5.74) is 3.64. The topological polar surface area (TPSA) is 93.7 Å². The first-order chi connectivity index (χ1) is 25.3. The second kappa shape index (κ2) is 17.6. The molecule has 2 N–H and O–H groups in total. The molecule has 3 heterocycles. The van der Waals surface area contributed by atoms with E-state index in [0.717, 1.165) is 71.3 Å². The van der Waals surface area contributed by atoms with E-state index in [-0.39, 0.29) is 16.9 Å². The van der Waals surface area contributed by atoms with Crippen molar-refractivity contribution in [2.75, 3.05) is 55.9 Å². The van der Waals surface area contributed by atoms with Crippen molar-refractivity contribution in [2.45, 2.75) is 43.6 Å². The number of ether oxygens (including phenoxy) is 3. The molecule has 5 aromatic rings. The van der Waals surface area contributed by atoms with E-state index in [1.165, 1.54) is 18.2 Å². The first-order valence-electron chi connectivity index (χ1n) is 17.0.